The quantitative estimate of drug-likeness (QED) is 0.782. The first kappa shape index (κ1) is 9.69. The molecule has 2 fully saturated rings. The fourth-order valence-corrected chi connectivity index (χ4v) is 2.98. The predicted molar refractivity (Wildman–Crippen MR) is 59.5 cm³/mol. The van der Waals surface area contributed by atoms with Crippen molar-refractivity contribution in [3.63, 3.8) is 0 Å². The van der Waals surface area contributed by atoms with Gasteiger partial charge in [0.25, 0.3) is 5.91 Å². The smallest absolute Gasteiger partial charge is 0.269 e. The van der Waals surface area contributed by atoms with Gasteiger partial charge in [-0.2, -0.15) is 4.79 Å². The predicted octanol–water partition coefficient (Wildman–Crippen LogP) is 0.350. The lowest BCUT2D eigenvalue weighted by Crippen LogP contribution is -2.33. The van der Waals surface area contributed by atoms with Crippen LogP contribution >= 0.6 is 0 Å². The maximum absolute atomic E-state index is 11.0. The molecule has 2 heterocycles. The van der Waals surface area contributed by atoms with Gasteiger partial charge in [-0.15, -0.1) is 5.10 Å². The van der Waals surface area contributed by atoms with Crippen LogP contribution in [0.25, 0.3) is 0 Å². The minimum Gasteiger partial charge on any atom is -0.364 e. The molecule has 1 aliphatic carbocycles. The minimum absolute atomic E-state index is 0.344. The van der Waals surface area contributed by atoms with Crippen LogP contribution in [-0.4, -0.2) is 28.9 Å². The first-order valence-electron chi connectivity index (χ1n) is 5.85. The van der Waals surface area contributed by atoms with E-state index in [0.29, 0.717) is 5.69 Å². The van der Waals surface area contributed by atoms with E-state index >= 15 is 0 Å². The molecule has 0 radical (unpaired) electrons. The molecule has 1 aromatic heterocycles. The van der Waals surface area contributed by atoms with Crippen molar-refractivity contribution in [2.45, 2.75) is 19.3 Å². The largest absolute Gasteiger partial charge is 0.364 e. The zero-order valence-corrected chi connectivity index (χ0v) is 9.17. The molecule has 1 aromatic rings. The lowest BCUT2D eigenvalue weighted by molar-refractivity contribution is 0.0994. The summed E-state index contributed by atoms with van der Waals surface area (Å²) in [7, 11) is 0. The van der Waals surface area contributed by atoms with Gasteiger partial charge in [0.15, 0.2) is 5.69 Å². The number of hydrogen-bond acceptors (Lipinski definition) is 3. The number of rotatable bonds is 2. The SMILES string of the molecule is NC(=O)c1ccn(N2CC3CCCC3C2)n1. The van der Waals surface area contributed by atoms with Crippen LogP contribution in [0.15, 0.2) is 12.3 Å². The Kier molecular flexibility index (Phi) is 2.12. The second-order valence-electron chi connectivity index (χ2n) is 4.81. The van der Waals surface area contributed by atoms with Crippen LogP contribution in [0.1, 0.15) is 29.8 Å². The highest BCUT2D eigenvalue weighted by atomic mass is 16.1. The van der Waals surface area contributed by atoms with Crippen molar-refractivity contribution in [3.8, 4) is 0 Å². The summed E-state index contributed by atoms with van der Waals surface area (Å²) in [4.78, 5) is 12.7. The van der Waals surface area contributed by atoms with Gasteiger partial charge in [-0.1, -0.05) is 6.42 Å². The molecule has 2 unspecified atom stereocenters. The monoisotopic (exact) mass is 220 g/mol. The zero-order valence-electron chi connectivity index (χ0n) is 9.17. The first-order valence-corrected chi connectivity index (χ1v) is 5.85. The number of carbonyl (C=O) groups is 1. The van der Waals surface area contributed by atoms with Gasteiger partial charge in [-0.05, 0) is 30.7 Å². The number of primary amides is 1. The normalized spacial score (nSPS) is 28.4. The molecule has 1 saturated carbocycles. The molecule has 1 aliphatic heterocycles. The van der Waals surface area contributed by atoms with Crippen LogP contribution in [0.3, 0.4) is 0 Å². The summed E-state index contributed by atoms with van der Waals surface area (Å²) in [6, 6.07) is 1.68. The van der Waals surface area contributed by atoms with E-state index in [-0.39, 0.29) is 0 Å². The van der Waals surface area contributed by atoms with Gasteiger partial charge in [-0.3, -0.25) is 9.80 Å². The molecular formula is C11H16N4O. The topological polar surface area (TPSA) is 64.2 Å². The van der Waals surface area contributed by atoms with Crippen molar-refractivity contribution in [1.29, 1.82) is 0 Å². The maximum Gasteiger partial charge on any atom is 0.269 e. The number of aromatic nitrogens is 2. The first-order chi connectivity index (χ1) is 7.74. The van der Waals surface area contributed by atoms with Gasteiger partial charge in [0.05, 0.1) is 0 Å². The number of amides is 1. The summed E-state index contributed by atoms with van der Waals surface area (Å²) >= 11 is 0. The number of hydrogen-bond donors (Lipinski definition) is 1. The summed E-state index contributed by atoms with van der Waals surface area (Å²) in [5, 5.41) is 6.40. The maximum atomic E-state index is 11.0. The van der Waals surface area contributed by atoms with Crippen LogP contribution in [0.4, 0.5) is 0 Å². The molecule has 2 aliphatic rings. The highest BCUT2D eigenvalue weighted by Gasteiger charge is 2.36. The zero-order chi connectivity index (χ0) is 11.1. The van der Waals surface area contributed by atoms with E-state index in [0.717, 1.165) is 24.9 Å². The Balaban J connectivity index is 1.76. The number of fused-ring (bicyclic) bond motifs is 1. The number of carbonyl (C=O) groups excluding carboxylic acids is 1. The molecule has 5 nitrogen and oxygen atoms in total. The molecular weight excluding hydrogens is 204 g/mol. The Bertz CT molecular complexity index is 402. The van der Waals surface area contributed by atoms with E-state index in [1.807, 2.05) is 6.20 Å². The van der Waals surface area contributed by atoms with Crippen LogP contribution in [0.2, 0.25) is 0 Å². The van der Waals surface area contributed by atoms with Gasteiger partial charge in [0, 0.05) is 19.3 Å². The Morgan fingerprint density at radius 1 is 1.38 bits per heavy atom. The molecule has 0 bridgehead atoms. The van der Waals surface area contributed by atoms with Crippen molar-refractivity contribution in [2.75, 3.05) is 18.1 Å². The second kappa shape index (κ2) is 3.50. The number of nitrogens with zero attached hydrogens (tertiary/aromatic N) is 3. The Hall–Kier alpha value is -1.52. The fraction of sp³-hybridized carbons (Fsp3) is 0.636. The highest BCUT2D eigenvalue weighted by molar-refractivity contribution is 5.90. The van der Waals surface area contributed by atoms with Gasteiger partial charge in [0.2, 0.25) is 0 Å². The molecule has 2 N–H and O–H groups in total. The summed E-state index contributed by atoms with van der Waals surface area (Å²) < 4.78 is 0. The average molecular weight is 220 g/mol. The molecule has 2 atom stereocenters. The van der Waals surface area contributed by atoms with Crippen molar-refractivity contribution >= 4 is 5.91 Å². The molecule has 1 amide bonds. The van der Waals surface area contributed by atoms with Crippen molar-refractivity contribution in [2.24, 2.45) is 17.6 Å². The standard InChI is InChI=1S/C11H16N4O/c12-11(16)10-4-5-15(13-10)14-6-8-2-1-3-9(8)7-14/h4-5,8-9H,1-3,6-7H2,(H2,12,16). The third-order valence-electron chi connectivity index (χ3n) is 3.83. The second-order valence-corrected chi connectivity index (χ2v) is 4.81. The van der Waals surface area contributed by atoms with Crippen LogP contribution in [-0.2, 0) is 0 Å². The van der Waals surface area contributed by atoms with Crippen LogP contribution in [0, 0.1) is 11.8 Å². The van der Waals surface area contributed by atoms with Crippen molar-refractivity contribution in [1.82, 2.24) is 9.89 Å². The molecule has 5 heteroatoms. The van der Waals surface area contributed by atoms with Crippen molar-refractivity contribution in [3.05, 3.63) is 18.0 Å². The summed E-state index contributed by atoms with van der Waals surface area (Å²) in [5.74, 6) is 1.18. The molecule has 1 saturated heterocycles. The Labute approximate surface area is 94.2 Å². The van der Waals surface area contributed by atoms with Gasteiger partial charge in [-0.25, -0.2) is 0 Å². The summed E-state index contributed by atoms with van der Waals surface area (Å²) in [6.07, 6.45) is 5.87. The number of nitrogens with two attached hydrogens (primary N) is 1. The van der Waals surface area contributed by atoms with E-state index in [9.17, 15) is 4.79 Å². The van der Waals surface area contributed by atoms with E-state index in [1.54, 1.807) is 10.9 Å². The Morgan fingerprint density at radius 2 is 2.06 bits per heavy atom. The third kappa shape index (κ3) is 1.47. The van der Waals surface area contributed by atoms with Crippen LogP contribution < -0.4 is 10.7 Å². The van der Waals surface area contributed by atoms with Crippen molar-refractivity contribution < 1.29 is 4.79 Å². The highest BCUT2D eigenvalue weighted by Crippen LogP contribution is 2.36. The lowest BCUT2D eigenvalue weighted by Gasteiger charge is -2.18. The minimum atomic E-state index is -0.460. The Morgan fingerprint density at radius 3 is 2.62 bits per heavy atom. The van der Waals surface area contributed by atoms with Gasteiger partial charge < -0.3 is 5.73 Å². The van der Waals surface area contributed by atoms with E-state index in [1.165, 1.54) is 19.3 Å². The summed E-state index contributed by atoms with van der Waals surface area (Å²) in [6.45, 7) is 2.12. The van der Waals surface area contributed by atoms with E-state index < -0.39 is 5.91 Å². The molecule has 0 aromatic carbocycles. The van der Waals surface area contributed by atoms with Gasteiger partial charge in [0.1, 0.15) is 0 Å². The average Bonchev–Trinajstić information content (AvgIpc) is 2.91. The van der Waals surface area contributed by atoms with E-state index in [2.05, 4.69) is 10.1 Å². The molecule has 3 rings (SSSR count). The summed E-state index contributed by atoms with van der Waals surface area (Å²) in [5.41, 5.74) is 5.53. The lowest BCUT2D eigenvalue weighted by atomic mass is 10.0. The molecule has 86 valence electrons. The van der Waals surface area contributed by atoms with Crippen LogP contribution in [0.5, 0.6) is 0 Å². The van der Waals surface area contributed by atoms with Gasteiger partial charge >= 0.3 is 0 Å². The molecule has 0 spiro atoms. The molecule has 16 heavy (non-hydrogen) atoms. The van der Waals surface area contributed by atoms with E-state index in [4.69, 9.17) is 5.73 Å². The fourth-order valence-electron chi connectivity index (χ4n) is 2.98. The third-order valence-corrected chi connectivity index (χ3v) is 3.83.